The molecule has 1 fully saturated rings. The minimum Gasteiger partial charge on any atom is -0.388 e. The van der Waals surface area contributed by atoms with Gasteiger partial charge in [-0.2, -0.15) is 0 Å². The van der Waals surface area contributed by atoms with Crippen molar-refractivity contribution in [1.82, 2.24) is 10.2 Å². The molecule has 0 radical (unpaired) electrons. The largest absolute Gasteiger partial charge is 0.388 e. The summed E-state index contributed by atoms with van der Waals surface area (Å²) in [6.45, 7) is 4.85. The maximum absolute atomic E-state index is 11.8. The van der Waals surface area contributed by atoms with Gasteiger partial charge in [-0.05, 0) is 33.7 Å². The fraction of sp³-hybridized carbons (Fsp3) is 0.900. The molecule has 1 amide bonds. The van der Waals surface area contributed by atoms with E-state index in [1.54, 1.807) is 18.9 Å². The predicted molar refractivity (Wildman–Crippen MR) is 55.0 cm³/mol. The van der Waals surface area contributed by atoms with Crippen molar-refractivity contribution >= 4 is 5.91 Å². The summed E-state index contributed by atoms with van der Waals surface area (Å²) < 4.78 is 0. The Balaban J connectivity index is 2.56. The minimum atomic E-state index is -0.707. The van der Waals surface area contributed by atoms with Crippen LogP contribution in [0.2, 0.25) is 0 Å². The number of nitrogens with zero attached hydrogens (tertiary/aromatic N) is 1. The van der Waals surface area contributed by atoms with E-state index in [0.29, 0.717) is 6.54 Å². The van der Waals surface area contributed by atoms with Crippen LogP contribution in [0, 0.1) is 0 Å². The van der Waals surface area contributed by atoms with Crippen LogP contribution in [0.15, 0.2) is 0 Å². The number of hydrogen-bond donors (Lipinski definition) is 2. The lowest BCUT2D eigenvalue weighted by Gasteiger charge is -2.37. The Hall–Kier alpha value is -0.610. The van der Waals surface area contributed by atoms with E-state index >= 15 is 0 Å². The topological polar surface area (TPSA) is 52.6 Å². The lowest BCUT2D eigenvalue weighted by molar-refractivity contribution is -0.139. The van der Waals surface area contributed by atoms with Crippen molar-refractivity contribution in [3.05, 3.63) is 0 Å². The first kappa shape index (κ1) is 11.5. The molecular weight excluding hydrogens is 180 g/mol. The fourth-order valence-electron chi connectivity index (χ4n) is 1.81. The summed E-state index contributed by atoms with van der Waals surface area (Å²) in [6.07, 6.45) is 1.67. The molecule has 0 saturated carbocycles. The Morgan fingerprint density at radius 2 is 2.29 bits per heavy atom. The van der Waals surface area contributed by atoms with Gasteiger partial charge in [0.05, 0.1) is 11.6 Å². The highest BCUT2D eigenvalue weighted by Gasteiger charge is 2.32. The lowest BCUT2D eigenvalue weighted by atomic mass is 9.95. The van der Waals surface area contributed by atoms with E-state index in [9.17, 15) is 9.90 Å². The van der Waals surface area contributed by atoms with Gasteiger partial charge in [0.2, 0.25) is 5.91 Å². The number of carbonyl (C=O) groups is 1. The second kappa shape index (κ2) is 4.28. The van der Waals surface area contributed by atoms with E-state index in [1.807, 2.05) is 6.92 Å². The Kier molecular flexibility index (Phi) is 3.50. The van der Waals surface area contributed by atoms with E-state index < -0.39 is 5.60 Å². The summed E-state index contributed by atoms with van der Waals surface area (Å²) in [5, 5.41) is 12.8. The molecule has 1 heterocycles. The lowest BCUT2D eigenvalue weighted by Crippen LogP contribution is -2.53. The van der Waals surface area contributed by atoms with Crippen LogP contribution in [0.1, 0.15) is 26.7 Å². The van der Waals surface area contributed by atoms with Gasteiger partial charge in [-0.15, -0.1) is 0 Å². The van der Waals surface area contributed by atoms with Gasteiger partial charge in [-0.1, -0.05) is 0 Å². The predicted octanol–water partition coefficient (Wildman–Crippen LogP) is -0.0323. The first-order valence-corrected chi connectivity index (χ1v) is 5.15. The number of likely N-dealkylation sites (tertiary alicyclic amines) is 1. The molecule has 82 valence electrons. The standard InChI is InChI=1S/C10H20N2O2/c1-8(11-3)9(13)12-6-4-5-10(2,14)7-12/h8,11,14H,4-7H2,1-3H3/t8-,10?/m0/s1. The zero-order valence-electron chi connectivity index (χ0n) is 9.21. The number of piperidine rings is 1. The van der Waals surface area contributed by atoms with E-state index in [2.05, 4.69) is 5.32 Å². The van der Waals surface area contributed by atoms with Gasteiger partial charge in [0.15, 0.2) is 0 Å². The summed E-state index contributed by atoms with van der Waals surface area (Å²) >= 11 is 0. The van der Waals surface area contributed by atoms with Crippen LogP contribution >= 0.6 is 0 Å². The van der Waals surface area contributed by atoms with Crippen LogP contribution in [0.3, 0.4) is 0 Å². The van der Waals surface area contributed by atoms with Crippen LogP contribution < -0.4 is 5.32 Å². The van der Waals surface area contributed by atoms with E-state index in [4.69, 9.17) is 0 Å². The number of aliphatic hydroxyl groups is 1. The van der Waals surface area contributed by atoms with Crippen LogP contribution in [0.25, 0.3) is 0 Å². The number of amides is 1. The first-order chi connectivity index (χ1) is 6.46. The molecule has 2 atom stereocenters. The summed E-state index contributed by atoms with van der Waals surface area (Å²) in [7, 11) is 1.77. The third-order valence-electron chi connectivity index (χ3n) is 2.79. The molecule has 1 unspecified atom stereocenters. The third kappa shape index (κ3) is 2.69. The summed E-state index contributed by atoms with van der Waals surface area (Å²) in [4.78, 5) is 13.5. The van der Waals surface area contributed by atoms with Crippen LogP contribution in [0.5, 0.6) is 0 Å². The van der Waals surface area contributed by atoms with Gasteiger partial charge in [0.1, 0.15) is 0 Å². The molecule has 2 N–H and O–H groups in total. The molecule has 0 aromatic carbocycles. The number of carbonyl (C=O) groups excluding carboxylic acids is 1. The van der Waals surface area contributed by atoms with Crippen molar-refractivity contribution in [3.8, 4) is 0 Å². The van der Waals surface area contributed by atoms with E-state index in [0.717, 1.165) is 19.4 Å². The number of β-amino-alcohol motifs (C(OH)–C–C–N with tert-alkyl or cyclic N) is 1. The normalized spacial score (nSPS) is 30.1. The average molecular weight is 200 g/mol. The Bertz CT molecular complexity index is 216. The van der Waals surface area contributed by atoms with Gasteiger partial charge in [-0.25, -0.2) is 0 Å². The second-order valence-electron chi connectivity index (χ2n) is 4.37. The monoisotopic (exact) mass is 200 g/mol. The molecule has 0 aromatic rings. The van der Waals surface area contributed by atoms with Gasteiger partial charge in [-0.3, -0.25) is 4.79 Å². The smallest absolute Gasteiger partial charge is 0.239 e. The molecule has 4 nitrogen and oxygen atoms in total. The van der Waals surface area contributed by atoms with Gasteiger partial charge < -0.3 is 15.3 Å². The molecule has 1 rings (SSSR count). The SMILES string of the molecule is CN[C@@H](C)C(=O)N1CCCC(C)(O)C1. The van der Waals surface area contributed by atoms with Crippen LogP contribution in [-0.2, 0) is 4.79 Å². The molecule has 0 aromatic heterocycles. The zero-order chi connectivity index (χ0) is 10.8. The van der Waals surface area contributed by atoms with Crippen molar-refractivity contribution in [2.75, 3.05) is 20.1 Å². The van der Waals surface area contributed by atoms with Gasteiger partial charge >= 0.3 is 0 Å². The van der Waals surface area contributed by atoms with Gasteiger partial charge in [0.25, 0.3) is 0 Å². The van der Waals surface area contributed by atoms with Crippen molar-refractivity contribution in [3.63, 3.8) is 0 Å². The highest BCUT2D eigenvalue weighted by Crippen LogP contribution is 2.20. The number of rotatable bonds is 2. The van der Waals surface area contributed by atoms with E-state index in [-0.39, 0.29) is 11.9 Å². The van der Waals surface area contributed by atoms with Crippen LogP contribution in [0.4, 0.5) is 0 Å². The van der Waals surface area contributed by atoms with Crippen molar-refractivity contribution in [1.29, 1.82) is 0 Å². The maximum atomic E-state index is 11.8. The van der Waals surface area contributed by atoms with Crippen molar-refractivity contribution < 1.29 is 9.90 Å². The molecule has 4 heteroatoms. The number of likely N-dealkylation sites (N-methyl/N-ethyl adjacent to an activating group) is 1. The Morgan fingerprint density at radius 3 is 2.79 bits per heavy atom. The quantitative estimate of drug-likeness (QED) is 0.658. The fourth-order valence-corrected chi connectivity index (χ4v) is 1.81. The molecule has 14 heavy (non-hydrogen) atoms. The molecular formula is C10H20N2O2. The molecule has 1 aliphatic heterocycles. The molecule has 0 bridgehead atoms. The molecule has 0 spiro atoms. The van der Waals surface area contributed by atoms with Crippen molar-refractivity contribution in [2.45, 2.75) is 38.3 Å². The maximum Gasteiger partial charge on any atom is 0.239 e. The second-order valence-corrected chi connectivity index (χ2v) is 4.37. The molecule has 0 aliphatic carbocycles. The highest BCUT2D eigenvalue weighted by atomic mass is 16.3. The Labute approximate surface area is 85.3 Å². The molecule has 1 saturated heterocycles. The van der Waals surface area contributed by atoms with Crippen LogP contribution in [-0.4, -0.2) is 47.7 Å². The number of hydrogen-bond acceptors (Lipinski definition) is 3. The molecule has 1 aliphatic rings. The van der Waals surface area contributed by atoms with Crippen molar-refractivity contribution in [2.24, 2.45) is 0 Å². The third-order valence-corrected chi connectivity index (χ3v) is 2.79. The zero-order valence-corrected chi connectivity index (χ0v) is 9.21. The first-order valence-electron chi connectivity index (χ1n) is 5.15. The van der Waals surface area contributed by atoms with Gasteiger partial charge in [0, 0.05) is 13.1 Å². The minimum absolute atomic E-state index is 0.0764. The summed E-state index contributed by atoms with van der Waals surface area (Å²) in [6, 6.07) is -0.163. The summed E-state index contributed by atoms with van der Waals surface area (Å²) in [5.74, 6) is 0.0764. The highest BCUT2D eigenvalue weighted by molar-refractivity contribution is 5.81. The number of nitrogens with one attached hydrogen (secondary N) is 1. The van der Waals surface area contributed by atoms with E-state index in [1.165, 1.54) is 0 Å². The Morgan fingerprint density at radius 1 is 1.64 bits per heavy atom. The summed E-state index contributed by atoms with van der Waals surface area (Å²) in [5.41, 5.74) is -0.707. The average Bonchev–Trinajstić information content (AvgIpc) is 2.14.